The first kappa shape index (κ1) is 13.6. The van der Waals surface area contributed by atoms with Crippen molar-refractivity contribution >= 4 is 5.97 Å². The van der Waals surface area contributed by atoms with Crippen LogP contribution in [0, 0.1) is 0 Å². The molecule has 0 atom stereocenters. The van der Waals surface area contributed by atoms with Crippen LogP contribution < -0.4 is 5.56 Å². The Kier molecular flexibility index (Phi) is 3.38. The first-order valence-corrected chi connectivity index (χ1v) is 5.91. The molecule has 4 nitrogen and oxygen atoms in total. The second-order valence-electron chi connectivity index (χ2n) is 4.52. The Hall–Kier alpha value is -1.79. The molecule has 19 heavy (non-hydrogen) atoms. The van der Waals surface area contributed by atoms with Gasteiger partial charge in [0.25, 0.3) is 5.56 Å². The number of H-pyrrole nitrogens is 1. The van der Waals surface area contributed by atoms with E-state index in [-0.39, 0.29) is 24.0 Å². The molecule has 0 unspecified atom stereocenters. The quantitative estimate of drug-likeness (QED) is 0.773. The number of carboxylic acids is 1. The summed E-state index contributed by atoms with van der Waals surface area (Å²) in [6.45, 7) is 0. The minimum Gasteiger partial charge on any atom is -0.477 e. The molecule has 1 aliphatic carbocycles. The van der Waals surface area contributed by atoms with Crippen molar-refractivity contribution in [2.45, 2.75) is 38.3 Å². The van der Waals surface area contributed by atoms with E-state index in [1.807, 2.05) is 0 Å². The molecule has 1 aliphatic rings. The fraction of sp³-hybridized carbons (Fsp3) is 0.500. The number of alkyl halides is 3. The second-order valence-corrected chi connectivity index (χ2v) is 4.52. The molecule has 0 spiro atoms. The maximum absolute atomic E-state index is 12.9. The Balaban J connectivity index is 2.78. The summed E-state index contributed by atoms with van der Waals surface area (Å²) in [5.41, 5.74) is -2.85. The lowest BCUT2D eigenvalue weighted by atomic mass is 9.96. The van der Waals surface area contributed by atoms with Crippen molar-refractivity contribution in [2.24, 2.45) is 0 Å². The lowest BCUT2D eigenvalue weighted by molar-refractivity contribution is -0.142. The molecule has 2 N–H and O–H groups in total. The van der Waals surface area contributed by atoms with Gasteiger partial charge < -0.3 is 10.1 Å². The first-order valence-electron chi connectivity index (χ1n) is 5.91. The Morgan fingerprint density at radius 2 is 1.68 bits per heavy atom. The van der Waals surface area contributed by atoms with E-state index in [4.69, 9.17) is 5.11 Å². The Morgan fingerprint density at radius 3 is 2.21 bits per heavy atom. The van der Waals surface area contributed by atoms with Gasteiger partial charge in [0.2, 0.25) is 0 Å². The van der Waals surface area contributed by atoms with Crippen molar-refractivity contribution in [3.8, 4) is 0 Å². The molecule has 1 aromatic heterocycles. The van der Waals surface area contributed by atoms with Crippen molar-refractivity contribution in [1.82, 2.24) is 4.98 Å². The Morgan fingerprint density at radius 1 is 1.11 bits per heavy atom. The van der Waals surface area contributed by atoms with Gasteiger partial charge in [-0.15, -0.1) is 0 Å². The van der Waals surface area contributed by atoms with Gasteiger partial charge in [0.1, 0.15) is 11.3 Å². The molecule has 0 aromatic carbocycles. The third kappa shape index (κ3) is 2.50. The molecule has 0 saturated heterocycles. The zero-order chi connectivity index (χ0) is 14.2. The van der Waals surface area contributed by atoms with E-state index in [1.54, 1.807) is 4.98 Å². The number of aromatic amines is 1. The topological polar surface area (TPSA) is 70.2 Å². The van der Waals surface area contributed by atoms with Crippen LogP contribution in [0.15, 0.2) is 4.79 Å². The van der Waals surface area contributed by atoms with Crippen molar-refractivity contribution < 1.29 is 23.1 Å². The number of carbonyl (C=O) groups is 1. The van der Waals surface area contributed by atoms with Crippen LogP contribution in [0.1, 0.15) is 46.4 Å². The summed E-state index contributed by atoms with van der Waals surface area (Å²) in [6, 6.07) is 0. The van der Waals surface area contributed by atoms with Crippen LogP contribution in [-0.4, -0.2) is 16.1 Å². The Bertz CT molecular complexity index is 575. The smallest absolute Gasteiger partial charge is 0.431 e. The highest BCUT2D eigenvalue weighted by Gasteiger charge is 2.37. The molecular formula is C12H12F3NO3. The number of carboxylic acid groups (broad SMARTS) is 1. The average Bonchev–Trinajstić information content (AvgIpc) is 2.51. The van der Waals surface area contributed by atoms with E-state index in [1.165, 1.54) is 0 Å². The molecule has 0 amide bonds. The zero-order valence-corrected chi connectivity index (χ0v) is 9.93. The van der Waals surface area contributed by atoms with Gasteiger partial charge in [-0.05, 0) is 36.8 Å². The maximum atomic E-state index is 12.9. The summed E-state index contributed by atoms with van der Waals surface area (Å²) in [4.78, 5) is 24.3. The van der Waals surface area contributed by atoms with E-state index in [0.29, 0.717) is 12.8 Å². The fourth-order valence-corrected chi connectivity index (χ4v) is 2.49. The molecule has 1 heterocycles. The molecular weight excluding hydrogens is 263 g/mol. The maximum Gasteiger partial charge on any atom is 0.431 e. The minimum atomic E-state index is -4.68. The standard InChI is InChI=1S/C12H12F3NO3/c13-12(14,15)9-7-5-3-1-2-4-6(7)8(11(18)19)10(17)16-9/h1-5H2,(H,16,17)(H,18,19). The van der Waals surface area contributed by atoms with E-state index in [2.05, 4.69) is 0 Å². The van der Waals surface area contributed by atoms with Gasteiger partial charge in [0.05, 0.1) is 0 Å². The number of aromatic nitrogens is 1. The average molecular weight is 275 g/mol. The highest BCUT2D eigenvalue weighted by Crippen LogP contribution is 2.34. The lowest BCUT2D eigenvalue weighted by Crippen LogP contribution is -2.27. The number of rotatable bonds is 1. The third-order valence-corrected chi connectivity index (χ3v) is 3.28. The number of aromatic carboxylic acids is 1. The van der Waals surface area contributed by atoms with Gasteiger partial charge in [-0.1, -0.05) is 6.42 Å². The summed E-state index contributed by atoms with van der Waals surface area (Å²) in [5, 5.41) is 9.01. The SMILES string of the molecule is O=C(O)c1c2c(c(C(F)(F)F)[nH]c1=O)CCCCC2. The van der Waals surface area contributed by atoms with E-state index in [9.17, 15) is 22.8 Å². The molecule has 0 bridgehead atoms. The summed E-state index contributed by atoms with van der Waals surface area (Å²) in [7, 11) is 0. The van der Waals surface area contributed by atoms with E-state index < -0.39 is 29.0 Å². The predicted molar refractivity (Wildman–Crippen MR) is 60.3 cm³/mol. The molecule has 0 radical (unpaired) electrons. The summed E-state index contributed by atoms with van der Waals surface area (Å²) in [5.74, 6) is -1.48. The van der Waals surface area contributed by atoms with Gasteiger partial charge in [-0.2, -0.15) is 13.2 Å². The van der Waals surface area contributed by atoms with E-state index >= 15 is 0 Å². The van der Waals surface area contributed by atoms with Crippen LogP contribution in [0.3, 0.4) is 0 Å². The highest BCUT2D eigenvalue weighted by atomic mass is 19.4. The highest BCUT2D eigenvalue weighted by molar-refractivity contribution is 5.89. The number of nitrogens with one attached hydrogen (secondary N) is 1. The van der Waals surface area contributed by atoms with Crippen LogP contribution >= 0.6 is 0 Å². The van der Waals surface area contributed by atoms with Crippen molar-refractivity contribution in [2.75, 3.05) is 0 Å². The molecule has 2 rings (SSSR count). The Labute approximate surface area is 106 Å². The largest absolute Gasteiger partial charge is 0.477 e. The molecule has 0 aliphatic heterocycles. The number of fused-ring (bicyclic) bond motifs is 1. The molecule has 104 valence electrons. The predicted octanol–water partition coefficient (Wildman–Crippen LogP) is 2.36. The van der Waals surface area contributed by atoms with Gasteiger partial charge >= 0.3 is 12.1 Å². The van der Waals surface area contributed by atoms with Gasteiger partial charge in [0, 0.05) is 0 Å². The molecule has 7 heteroatoms. The monoisotopic (exact) mass is 275 g/mol. The molecule has 0 saturated carbocycles. The van der Waals surface area contributed by atoms with Crippen LogP contribution in [0.5, 0.6) is 0 Å². The van der Waals surface area contributed by atoms with Crippen molar-refractivity contribution in [1.29, 1.82) is 0 Å². The third-order valence-electron chi connectivity index (χ3n) is 3.28. The zero-order valence-electron chi connectivity index (χ0n) is 9.93. The normalized spacial score (nSPS) is 15.7. The number of hydrogen-bond donors (Lipinski definition) is 2. The fourth-order valence-electron chi connectivity index (χ4n) is 2.49. The summed E-state index contributed by atoms with van der Waals surface area (Å²) < 4.78 is 38.7. The molecule has 1 aromatic rings. The van der Waals surface area contributed by atoms with Crippen LogP contribution in [0.4, 0.5) is 13.2 Å². The lowest BCUT2D eigenvalue weighted by Gasteiger charge is -2.16. The number of pyridine rings is 1. The van der Waals surface area contributed by atoms with E-state index in [0.717, 1.165) is 6.42 Å². The van der Waals surface area contributed by atoms with Gasteiger partial charge in [-0.25, -0.2) is 4.79 Å². The van der Waals surface area contributed by atoms with Crippen LogP contribution in [-0.2, 0) is 19.0 Å². The summed E-state index contributed by atoms with van der Waals surface area (Å²) >= 11 is 0. The van der Waals surface area contributed by atoms with Gasteiger partial charge in [-0.3, -0.25) is 4.79 Å². The first-order chi connectivity index (χ1) is 8.82. The number of halogens is 3. The molecule has 0 fully saturated rings. The second kappa shape index (κ2) is 4.71. The van der Waals surface area contributed by atoms with Crippen molar-refractivity contribution in [3.63, 3.8) is 0 Å². The van der Waals surface area contributed by atoms with Crippen LogP contribution in [0.2, 0.25) is 0 Å². The van der Waals surface area contributed by atoms with Crippen LogP contribution in [0.25, 0.3) is 0 Å². The van der Waals surface area contributed by atoms with Gasteiger partial charge in [0.15, 0.2) is 0 Å². The number of hydrogen-bond acceptors (Lipinski definition) is 2. The minimum absolute atomic E-state index is 0.0427. The van der Waals surface area contributed by atoms with Crippen molar-refractivity contribution in [3.05, 3.63) is 32.7 Å². The summed E-state index contributed by atoms with van der Waals surface area (Å²) in [6.07, 6.45) is -2.47.